The van der Waals surface area contributed by atoms with Crippen molar-refractivity contribution in [2.75, 3.05) is 13.7 Å². The lowest BCUT2D eigenvalue weighted by Gasteiger charge is -2.43. The number of ether oxygens (including phenoxy) is 1. The highest BCUT2D eigenvalue weighted by Crippen LogP contribution is 2.37. The molecule has 0 spiro atoms. The number of hydrazine groups is 1. The number of hydrogen-bond acceptors (Lipinski definition) is 5. The number of benzene rings is 2. The van der Waals surface area contributed by atoms with Crippen LogP contribution in [0.1, 0.15) is 43.5 Å². The monoisotopic (exact) mass is 412 g/mol. The van der Waals surface area contributed by atoms with Gasteiger partial charge in [0.05, 0.1) is 13.2 Å². The highest BCUT2D eigenvalue weighted by molar-refractivity contribution is 6.30. The van der Waals surface area contributed by atoms with Gasteiger partial charge in [-0.05, 0) is 56.5 Å². The second-order valence-electron chi connectivity index (χ2n) is 8.44. The van der Waals surface area contributed by atoms with Crippen LogP contribution >= 0.6 is 11.6 Å². The van der Waals surface area contributed by atoms with Gasteiger partial charge in [-0.2, -0.15) is 0 Å². The predicted molar refractivity (Wildman–Crippen MR) is 117 cm³/mol. The minimum absolute atomic E-state index is 0.101. The molecule has 0 saturated heterocycles. The first kappa shape index (κ1) is 20.0. The maximum absolute atomic E-state index is 6.28. The zero-order valence-corrected chi connectivity index (χ0v) is 18.1. The van der Waals surface area contributed by atoms with Gasteiger partial charge in [0, 0.05) is 29.2 Å². The molecule has 0 amide bonds. The summed E-state index contributed by atoms with van der Waals surface area (Å²) in [6.45, 7) is 8.12. The Hall–Kier alpha value is -2.28. The summed E-state index contributed by atoms with van der Waals surface area (Å²) >= 11 is 6.28. The number of hydrogen-bond donors (Lipinski definition) is 1. The molecule has 29 heavy (non-hydrogen) atoms. The molecule has 0 bridgehead atoms. The fourth-order valence-corrected chi connectivity index (χ4v) is 4.24. The van der Waals surface area contributed by atoms with Crippen molar-refractivity contribution in [1.29, 1.82) is 0 Å². The summed E-state index contributed by atoms with van der Waals surface area (Å²) in [6.07, 6.45) is 0.964. The lowest BCUT2D eigenvalue weighted by Crippen LogP contribution is -2.53. The number of halogens is 1. The van der Waals surface area contributed by atoms with Gasteiger partial charge in [0.1, 0.15) is 11.6 Å². The fraction of sp³-hybridized carbons (Fsp3) is 0.409. The van der Waals surface area contributed by atoms with Crippen LogP contribution in [0.15, 0.2) is 47.6 Å². The average Bonchev–Trinajstić information content (AvgIpc) is 3.18. The second-order valence-corrected chi connectivity index (χ2v) is 8.88. The summed E-state index contributed by atoms with van der Waals surface area (Å²) in [5, 5.41) is 7.33. The van der Waals surface area contributed by atoms with Gasteiger partial charge in [-0.25, -0.2) is 0 Å². The maximum atomic E-state index is 6.28. The summed E-state index contributed by atoms with van der Waals surface area (Å²) < 4.78 is 5.71. The summed E-state index contributed by atoms with van der Waals surface area (Å²) in [6, 6.07) is 14.2. The first-order valence-corrected chi connectivity index (χ1v) is 10.2. The van der Waals surface area contributed by atoms with E-state index in [-0.39, 0.29) is 11.6 Å². The smallest absolute Gasteiger partial charge is 0.124 e. The molecule has 1 N–H and O–H groups in total. The number of nitrogens with zero attached hydrogens (tertiary/aromatic N) is 4. The van der Waals surface area contributed by atoms with Crippen LogP contribution in [-0.4, -0.2) is 34.9 Å². The summed E-state index contributed by atoms with van der Waals surface area (Å²) in [5.74, 6) is 1.71. The van der Waals surface area contributed by atoms with E-state index in [1.807, 2.05) is 29.3 Å². The van der Waals surface area contributed by atoms with Crippen molar-refractivity contribution in [3.8, 4) is 5.75 Å². The van der Waals surface area contributed by atoms with Crippen LogP contribution in [0.4, 0.5) is 0 Å². The third-order valence-corrected chi connectivity index (χ3v) is 5.69. The quantitative estimate of drug-likeness (QED) is 0.792. The molecule has 0 aromatic heterocycles. The van der Waals surface area contributed by atoms with E-state index in [0.717, 1.165) is 41.7 Å². The second kappa shape index (κ2) is 7.86. The number of fused-ring (bicyclic) bond motifs is 1. The zero-order chi connectivity index (χ0) is 20.6. The fourth-order valence-electron chi connectivity index (χ4n) is 4.04. The van der Waals surface area contributed by atoms with Gasteiger partial charge in [-0.15, -0.1) is 0 Å². The molecular weight excluding hydrogens is 386 g/mol. The largest absolute Gasteiger partial charge is 0.520 e. The number of para-hydroxylation sites is 1. The number of nitrogens with one attached hydrogen (secondary N) is 1. The first-order chi connectivity index (χ1) is 13.9. The van der Waals surface area contributed by atoms with Crippen LogP contribution in [0.5, 0.6) is 5.75 Å². The van der Waals surface area contributed by atoms with Gasteiger partial charge >= 0.3 is 0 Å². The molecule has 4 rings (SSSR count). The summed E-state index contributed by atoms with van der Waals surface area (Å²) in [5.41, 5.74) is 10.7. The van der Waals surface area contributed by atoms with Crippen molar-refractivity contribution in [2.45, 2.75) is 45.3 Å². The van der Waals surface area contributed by atoms with Crippen LogP contribution in [0.25, 0.3) is 5.53 Å². The molecule has 154 valence electrons. The molecule has 2 aliphatic heterocycles. The molecule has 2 heterocycles. The molecule has 0 aliphatic carbocycles. The highest BCUT2D eigenvalue weighted by Gasteiger charge is 2.36. The zero-order valence-electron chi connectivity index (χ0n) is 17.3. The van der Waals surface area contributed by atoms with Gasteiger partial charge in [0.25, 0.3) is 0 Å². The van der Waals surface area contributed by atoms with E-state index in [4.69, 9.17) is 16.3 Å². The molecule has 1 atom stereocenters. The van der Waals surface area contributed by atoms with E-state index in [1.165, 1.54) is 11.1 Å². The molecule has 2 aliphatic rings. The highest BCUT2D eigenvalue weighted by atomic mass is 35.5. The molecule has 0 saturated carbocycles. The Bertz CT molecular complexity index is 924. The van der Waals surface area contributed by atoms with Crippen molar-refractivity contribution < 1.29 is 4.74 Å². The van der Waals surface area contributed by atoms with Gasteiger partial charge in [-0.1, -0.05) is 35.9 Å². The molecule has 2 aromatic rings. The minimum atomic E-state index is -0.184. The van der Waals surface area contributed by atoms with E-state index in [1.54, 1.807) is 7.11 Å². The first-order valence-electron chi connectivity index (χ1n) is 9.86. The molecule has 7 heteroatoms. The Morgan fingerprint density at radius 2 is 1.97 bits per heavy atom. The van der Waals surface area contributed by atoms with E-state index in [9.17, 15) is 0 Å². The molecule has 1 unspecified atom stereocenters. The third-order valence-electron chi connectivity index (χ3n) is 5.45. The van der Waals surface area contributed by atoms with E-state index in [2.05, 4.69) is 60.0 Å². The molecular formula is C22H27ClN5O-. The van der Waals surface area contributed by atoms with Crippen LogP contribution in [0, 0.1) is 0 Å². The SMILES string of the molecule is COc1ccccc1C(C1=N[N-]NN1C(C)(C)C)N1CCc2ccc(Cl)cc2C1. The molecule has 0 fully saturated rings. The maximum Gasteiger partial charge on any atom is 0.124 e. The van der Waals surface area contributed by atoms with E-state index in [0.29, 0.717) is 0 Å². The molecule has 0 radical (unpaired) electrons. The lowest BCUT2D eigenvalue weighted by atomic mass is 9.94. The van der Waals surface area contributed by atoms with Crippen molar-refractivity contribution in [3.63, 3.8) is 0 Å². The van der Waals surface area contributed by atoms with Gasteiger partial charge in [-0.3, -0.25) is 10.4 Å². The van der Waals surface area contributed by atoms with Crippen LogP contribution in [0.3, 0.4) is 0 Å². The normalized spacial score (nSPS) is 18.1. The molecule has 2 aromatic carbocycles. The van der Waals surface area contributed by atoms with Gasteiger partial charge in [0.15, 0.2) is 0 Å². The Kier molecular flexibility index (Phi) is 5.42. The van der Waals surface area contributed by atoms with Crippen molar-refractivity contribution >= 4 is 17.4 Å². The Morgan fingerprint density at radius 1 is 1.17 bits per heavy atom. The Labute approximate surface area is 177 Å². The van der Waals surface area contributed by atoms with Crippen LogP contribution in [-0.2, 0) is 13.0 Å². The van der Waals surface area contributed by atoms with Crippen molar-refractivity contribution in [3.05, 3.63) is 69.7 Å². The lowest BCUT2D eigenvalue weighted by molar-refractivity contribution is 0.160. The minimum Gasteiger partial charge on any atom is -0.520 e. The number of methoxy groups -OCH3 is 1. The average molecular weight is 413 g/mol. The van der Waals surface area contributed by atoms with Crippen LogP contribution in [0.2, 0.25) is 5.02 Å². The van der Waals surface area contributed by atoms with Gasteiger partial charge in [0.2, 0.25) is 0 Å². The Morgan fingerprint density at radius 3 is 2.72 bits per heavy atom. The van der Waals surface area contributed by atoms with E-state index < -0.39 is 0 Å². The molecule has 6 nitrogen and oxygen atoms in total. The predicted octanol–water partition coefficient (Wildman–Crippen LogP) is 4.67. The van der Waals surface area contributed by atoms with Crippen molar-refractivity contribution in [1.82, 2.24) is 15.4 Å². The number of amidine groups is 1. The Balaban J connectivity index is 1.77. The van der Waals surface area contributed by atoms with Crippen LogP contribution < -0.4 is 10.3 Å². The summed E-state index contributed by atoms with van der Waals surface area (Å²) in [4.78, 5) is 2.43. The summed E-state index contributed by atoms with van der Waals surface area (Å²) in [7, 11) is 1.71. The standard InChI is InChI=1S/C22H27ClN5O/c1-22(2,3)28-21(24-25-26-28)20(18-7-5-6-8-19(18)29-4)27-12-11-15-9-10-17(23)13-16(15)14-27/h5-10,13,20,26H,11-12,14H2,1-4H3/q-1. The number of rotatable bonds is 4. The van der Waals surface area contributed by atoms with Gasteiger partial charge < -0.3 is 20.4 Å². The van der Waals surface area contributed by atoms with E-state index >= 15 is 0 Å². The van der Waals surface area contributed by atoms with Crippen molar-refractivity contribution in [2.24, 2.45) is 5.10 Å². The third kappa shape index (κ3) is 3.92. The topological polar surface area (TPSA) is 54.2 Å².